The van der Waals surface area contributed by atoms with Crippen molar-refractivity contribution in [1.29, 1.82) is 0 Å². The monoisotopic (exact) mass is 344 g/mol. The summed E-state index contributed by atoms with van der Waals surface area (Å²) in [6.45, 7) is 7.39. The van der Waals surface area contributed by atoms with E-state index >= 15 is 0 Å². The number of aryl methyl sites for hydroxylation is 1. The van der Waals surface area contributed by atoms with Crippen LogP contribution in [0.4, 0.5) is 0 Å². The van der Waals surface area contributed by atoms with E-state index in [1.807, 2.05) is 6.07 Å². The van der Waals surface area contributed by atoms with Gasteiger partial charge in [-0.3, -0.25) is 14.3 Å². The second-order valence-corrected chi connectivity index (χ2v) is 6.19. The molecule has 1 aromatic carbocycles. The second-order valence-electron chi connectivity index (χ2n) is 6.19. The third-order valence-corrected chi connectivity index (χ3v) is 4.61. The summed E-state index contributed by atoms with van der Waals surface area (Å²) in [7, 11) is 3.17. The molecule has 2 rings (SSSR count). The van der Waals surface area contributed by atoms with Crippen molar-refractivity contribution in [1.82, 2.24) is 19.4 Å². The quantitative estimate of drug-likeness (QED) is 0.783. The number of aromatic nitrogens is 2. The maximum absolute atomic E-state index is 12.2. The Morgan fingerprint density at radius 1 is 1.08 bits per heavy atom. The fourth-order valence-electron chi connectivity index (χ4n) is 3.15. The summed E-state index contributed by atoms with van der Waals surface area (Å²) < 4.78 is 2.59. The molecule has 0 spiro atoms. The summed E-state index contributed by atoms with van der Waals surface area (Å²) in [5.41, 5.74) is 1.30. The predicted molar refractivity (Wildman–Crippen MR) is 101 cm³/mol. The van der Waals surface area contributed by atoms with Crippen molar-refractivity contribution in [2.75, 3.05) is 19.6 Å². The van der Waals surface area contributed by atoms with Gasteiger partial charge in [0.05, 0.1) is 0 Å². The number of hydrogen-bond donors (Lipinski definition) is 1. The fourth-order valence-corrected chi connectivity index (χ4v) is 3.15. The van der Waals surface area contributed by atoms with Crippen LogP contribution in [0.1, 0.15) is 31.0 Å². The molecule has 2 aromatic rings. The van der Waals surface area contributed by atoms with E-state index in [9.17, 15) is 9.59 Å². The highest BCUT2D eigenvalue weighted by Gasteiger charge is 2.17. The van der Waals surface area contributed by atoms with Gasteiger partial charge in [-0.1, -0.05) is 44.2 Å². The van der Waals surface area contributed by atoms with E-state index in [1.54, 1.807) is 13.2 Å². The summed E-state index contributed by atoms with van der Waals surface area (Å²) in [6.07, 6.45) is 1.62. The van der Waals surface area contributed by atoms with E-state index in [0.717, 1.165) is 24.2 Å². The first kappa shape index (κ1) is 19.1. The SMILES string of the molecule is CCN(CC)C(CNCc1cn(C)c(=O)n(C)c1=O)c1ccccc1. The minimum absolute atomic E-state index is 0.241. The predicted octanol–water partition coefficient (Wildman–Crippen LogP) is 1.26. The molecule has 0 saturated carbocycles. The van der Waals surface area contributed by atoms with Crippen LogP contribution in [0.25, 0.3) is 0 Å². The molecule has 1 unspecified atom stereocenters. The van der Waals surface area contributed by atoms with Crippen LogP contribution in [-0.2, 0) is 20.6 Å². The van der Waals surface area contributed by atoms with E-state index in [-0.39, 0.29) is 17.3 Å². The van der Waals surface area contributed by atoms with Crippen LogP contribution in [-0.4, -0.2) is 33.7 Å². The maximum atomic E-state index is 12.2. The zero-order chi connectivity index (χ0) is 18.4. The van der Waals surface area contributed by atoms with Gasteiger partial charge in [0.15, 0.2) is 0 Å². The van der Waals surface area contributed by atoms with Crippen LogP contribution in [0, 0.1) is 0 Å². The third kappa shape index (κ3) is 4.46. The molecule has 1 atom stereocenters. The van der Waals surface area contributed by atoms with Crippen LogP contribution in [0.3, 0.4) is 0 Å². The Balaban J connectivity index is 2.14. The van der Waals surface area contributed by atoms with E-state index in [0.29, 0.717) is 12.1 Å². The minimum atomic E-state index is -0.306. The van der Waals surface area contributed by atoms with Crippen LogP contribution < -0.4 is 16.6 Å². The number of hydrogen-bond acceptors (Lipinski definition) is 4. The largest absolute Gasteiger partial charge is 0.330 e. The topological polar surface area (TPSA) is 59.3 Å². The number of nitrogens with zero attached hydrogens (tertiary/aromatic N) is 3. The van der Waals surface area contributed by atoms with Crippen molar-refractivity contribution in [3.05, 3.63) is 68.5 Å². The Morgan fingerprint density at radius 2 is 1.72 bits per heavy atom. The Morgan fingerprint density at radius 3 is 2.32 bits per heavy atom. The summed E-state index contributed by atoms with van der Waals surface area (Å²) in [5, 5.41) is 3.39. The van der Waals surface area contributed by atoms with Crippen molar-refractivity contribution in [3.8, 4) is 0 Å². The smallest absolute Gasteiger partial charge is 0.311 e. The average Bonchev–Trinajstić information content (AvgIpc) is 2.64. The molecule has 0 aliphatic carbocycles. The van der Waals surface area contributed by atoms with Crippen LogP contribution in [0.2, 0.25) is 0 Å². The Bertz CT molecular complexity index is 791. The number of likely N-dealkylation sites (N-methyl/N-ethyl adjacent to an activating group) is 1. The molecule has 1 aromatic heterocycles. The molecule has 1 N–H and O–H groups in total. The first-order chi connectivity index (χ1) is 12.0. The molecule has 136 valence electrons. The van der Waals surface area contributed by atoms with Gasteiger partial charge in [0.1, 0.15) is 0 Å². The summed E-state index contributed by atoms with van der Waals surface area (Å²) >= 11 is 0. The van der Waals surface area contributed by atoms with Crippen molar-refractivity contribution in [2.45, 2.75) is 26.4 Å². The average molecular weight is 344 g/mol. The normalized spacial score (nSPS) is 12.5. The number of benzene rings is 1. The fraction of sp³-hybridized carbons (Fsp3) is 0.474. The second kappa shape index (κ2) is 8.78. The van der Waals surface area contributed by atoms with Gasteiger partial charge < -0.3 is 9.88 Å². The minimum Gasteiger partial charge on any atom is -0.311 e. The zero-order valence-electron chi connectivity index (χ0n) is 15.5. The Kier molecular flexibility index (Phi) is 6.73. The van der Waals surface area contributed by atoms with Gasteiger partial charge in [0.2, 0.25) is 0 Å². The van der Waals surface area contributed by atoms with E-state index < -0.39 is 0 Å². The van der Waals surface area contributed by atoms with E-state index in [2.05, 4.69) is 48.3 Å². The molecule has 0 aliphatic heterocycles. The lowest BCUT2D eigenvalue weighted by Gasteiger charge is -2.30. The summed E-state index contributed by atoms with van der Waals surface area (Å²) in [4.78, 5) is 26.4. The lowest BCUT2D eigenvalue weighted by molar-refractivity contribution is 0.213. The molecule has 0 aliphatic rings. The molecule has 6 nitrogen and oxygen atoms in total. The lowest BCUT2D eigenvalue weighted by Crippen LogP contribution is -2.40. The van der Waals surface area contributed by atoms with Crippen molar-refractivity contribution in [3.63, 3.8) is 0 Å². The van der Waals surface area contributed by atoms with Crippen LogP contribution in [0.5, 0.6) is 0 Å². The Hall–Kier alpha value is -2.18. The number of nitrogens with one attached hydrogen (secondary N) is 1. The lowest BCUT2D eigenvalue weighted by atomic mass is 10.0. The highest BCUT2D eigenvalue weighted by atomic mass is 16.2. The molecule has 0 bridgehead atoms. The third-order valence-electron chi connectivity index (χ3n) is 4.61. The zero-order valence-corrected chi connectivity index (χ0v) is 15.5. The van der Waals surface area contributed by atoms with Gasteiger partial charge in [0, 0.05) is 45.0 Å². The standard InChI is InChI=1S/C19H28N4O2/c1-5-23(6-2)17(15-10-8-7-9-11-15)13-20-12-16-14-21(3)19(25)22(4)18(16)24/h7-11,14,17,20H,5-6,12-13H2,1-4H3. The molecule has 1 heterocycles. The molecular weight excluding hydrogens is 316 g/mol. The molecule has 6 heteroatoms. The van der Waals surface area contributed by atoms with E-state index in [1.165, 1.54) is 17.2 Å². The van der Waals surface area contributed by atoms with Gasteiger partial charge in [0.25, 0.3) is 5.56 Å². The number of rotatable bonds is 8. The van der Waals surface area contributed by atoms with Gasteiger partial charge in [-0.2, -0.15) is 0 Å². The highest BCUT2D eigenvalue weighted by Crippen LogP contribution is 2.19. The van der Waals surface area contributed by atoms with Gasteiger partial charge in [-0.15, -0.1) is 0 Å². The molecule has 0 saturated heterocycles. The maximum Gasteiger partial charge on any atom is 0.330 e. The molecule has 0 amide bonds. The van der Waals surface area contributed by atoms with Crippen molar-refractivity contribution in [2.24, 2.45) is 14.1 Å². The Labute approximate surface area is 148 Å². The van der Waals surface area contributed by atoms with E-state index in [4.69, 9.17) is 0 Å². The van der Waals surface area contributed by atoms with Crippen LogP contribution >= 0.6 is 0 Å². The van der Waals surface area contributed by atoms with Gasteiger partial charge in [-0.05, 0) is 18.7 Å². The molecule has 0 radical (unpaired) electrons. The van der Waals surface area contributed by atoms with Gasteiger partial charge >= 0.3 is 5.69 Å². The summed E-state index contributed by atoms with van der Waals surface area (Å²) in [5.74, 6) is 0. The van der Waals surface area contributed by atoms with Crippen molar-refractivity contribution < 1.29 is 0 Å². The van der Waals surface area contributed by atoms with Gasteiger partial charge in [-0.25, -0.2) is 4.79 Å². The van der Waals surface area contributed by atoms with Crippen LogP contribution in [0.15, 0.2) is 46.1 Å². The highest BCUT2D eigenvalue weighted by molar-refractivity contribution is 5.19. The molecular formula is C19H28N4O2. The molecule has 0 fully saturated rings. The summed E-state index contributed by atoms with van der Waals surface area (Å²) in [6, 6.07) is 10.6. The first-order valence-corrected chi connectivity index (χ1v) is 8.74. The molecule has 25 heavy (non-hydrogen) atoms. The first-order valence-electron chi connectivity index (χ1n) is 8.74. The van der Waals surface area contributed by atoms with Crippen molar-refractivity contribution >= 4 is 0 Å².